The zero-order valence-electron chi connectivity index (χ0n) is 7.86. The average molecular weight is 325 g/mol. The Hall–Kier alpha value is -0.140. The number of halogens is 1. The normalized spacial score (nSPS) is 10.2. The van der Waals surface area contributed by atoms with Crippen LogP contribution in [0, 0.1) is 2.88 Å². The Bertz CT molecular complexity index is 314. The molecule has 1 heterocycles. The number of hydrogen-bond donors (Lipinski definition) is 1. The minimum Gasteiger partial charge on any atom is -0.395 e. The van der Waals surface area contributed by atoms with E-state index in [1.54, 1.807) is 16.2 Å². The maximum Gasteiger partial charge on any atom is 0.254 e. The van der Waals surface area contributed by atoms with Crippen molar-refractivity contribution < 1.29 is 9.90 Å². The van der Waals surface area contributed by atoms with Gasteiger partial charge in [0.05, 0.1) is 15.1 Å². The molecule has 78 valence electrons. The van der Waals surface area contributed by atoms with Crippen LogP contribution in [0.2, 0.25) is 0 Å². The number of aliphatic hydroxyl groups is 1. The van der Waals surface area contributed by atoms with E-state index in [0.717, 1.165) is 8.45 Å². The molecule has 1 rings (SSSR count). The number of thiophene rings is 1. The summed E-state index contributed by atoms with van der Waals surface area (Å²) in [5.41, 5.74) is 0.717. The lowest BCUT2D eigenvalue weighted by atomic mass is 10.3. The monoisotopic (exact) mass is 325 g/mol. The Kier molecular flexibility index (Phi) is 4.83. The molecule has 0 unspecified atom stereocenters. The molecule has 3 nitrogen and oxygen atoms in total. The molecule has 0 aromatic carbocycles. The number of carbonyl (C=O) groups excluding carboxylic acids is 1. The van der Waals surface area contributed by atoms with Gasteiger partial charge in [-0.1, -0.05) is 0 Å². The van der Waals surface area contributed by atoms with Crippen molar-refractivity contribution in [1.82, 2.24) is 4.90 Å². The lowest BCUT2D eigenvalue weighted by molar-refractivity contribution is 0.0732. The first-order valence-corrected chi connectivity index (χ1v) is 6.29. The number of hydrogen-bond acceptors (Lipinski definition) is 3. The van der Waals surface area contributed by atoms with E-state index in [4.69, 9.17) is 5.11 Å². The van der Waals surface area contributed by atoms with Gasteiger partial charge in [0.1, 0.15) is 0 Å². The molecular formula is C9H12INO2S. The third-order valence-electron chi connectivity index (χ3n) is 1.85. The topological polar surface area (TPSA) is 40.5 Å². The number of amides is 1. The second-order valence-electron chi connectivity index (χ2n) is 2.75. The Balaban J connectivity index is 2.72. The van der Waals surface area contributed by atoms with Crippen molar-refractivity contribution in [2.75, 3.05) is 19.7 Å². The van der Waals surface area contributed by atoms with Crippen molar-refractivity contribution in [1.29, 1.82) is 0 Å². The number of rotatable bonds is 4. The van der Waals surface area contributed by atoms with E-state index in [9.17, 15) is 4.79 Å². The summed E-state index contributed by atoms with van der Waals surface area (Å²) in [6.07, 6.45) is 0. The third kappa shape index (κ3) is 2.93. The lowest BCUT2D eigenvalue weighted by Gasteiger charge is -2.18. The van der Waals surface area contributed by atoms with Crippen molar-refractivity contribution in [2.24, 2.45) is 0 Å². The maximum atomic E-state index is 11.8. The molecule has 1 amide bonds. The van der Waals surface area contributed by atoms with E-state index < -0.39 is 0 Å². The van der Waals surface area contributed by atoms with Crippen molar-refractivity contribution in [2.45, 2.75) is 6.92 Å². The van der Waals surface area contributed by atoms with E-state index in [-0.39, 0.29) is 12.5 Å². The SMILES string of the molecule is CCN(CCO)C(=O)c1csc(I)c1. The smallest absolute Gasteiger partial charge is 0.254 e. The van der Waals surface area contributed by atoms with Crippen molar-refractivity contribution in [3.63, 3.8) is 0 Å². The van der Waals surface area contributed by atoms with Crippen LogP contribution in [0.15, 0.2) is 11.4 Å². The summed E-state index contributed by atoms with van der Waals surface area (Å²) in [7, 11) is 0. The minimum absolute atomic E-state index is 0.000663. The number of nitrogens with zero attached hydrogens (tertiary/aromatic N) is 1. The minimum atomic E-state index is 0.000663. The van der Waals surface area contributed by atoms with Gasteiger partial charge in [-0.2, -0.15) is 0 Å². The second kappa shape index (κ2) is 5.67. The molecule has 0 aliphatic carbocycles. The molecule has 0 atom stereocenters. The van der Waals surface area contributed by atoms with E-state index in [1.165, 1.54) is 0 Å². The van der Waals surface area contributed by atoms with Crippen LogP contribution in [0.25, 0.3) is 0 Å². The highest BCUT2D eigenvalue weighted by Crippen LogP contribution is 2.17. The Morgan fingerprint density at radius 2 is 2.43 bits per heavy atom. The molecule has 0 saturated carbocycles. The maximum absolute atomic E-state index is 11.8. The van der Waals surface area contributed by atoms with Crippen LogP contribution in [0.4, 0.5) is 0 Å². The molecule has 0 spiro atoms. The van der Waals surface area contributed by atoms with Gasteiger partial charge in [0.25, 0.3) is 5.91 Å². The molecule has 1 aromatic rings. The molecule has 14 heavy (non-hydrogen) atoms. The average Bonchev–Trinajstić information content (AvgIpc) is 2.60. The van der Waals surface area contributed by atoms with Gasteiger partial charge in [-0.3, -0.25) is 4.79 Å². The van der Waals surface area contributed by atoms with E-state index in [2.05, 4.69) is 22.6 Å². The van der Waals surface area contributed by atoms with Crippen molar-refractivity contribution >= 4 is 39.8 Å². The van der Waals surface area contributed by atoms with Gasteiger partial charge in [-0.05, 0) is 35.6 Å². The molecule has 1 aromatic heterocycles. The Morgan fingerprint density at radius 3 is 2.86 bits per heavy atom. The molecule has 0 radical (unpaired) electrons. The first kappa shape index (κ1) is 11.9. The number of likely N-dealkylation sites (N-methyl/N-ethyl adjacent to an activating group) is 1. The Morgan fingerprint density at radius 1 is 1.71 bits per heavy atom. The van der Waals surface area contributed by atoms with Crippen LogP contribution >= 0.6 is 33.9 Å². The molecule has 0 bridgehead atoms. The van der Waals surface area contributed by atoms with E-state index in [0.29, 0.717) is 13.1 Å². The molecular weight excluding hydrogens is 313 g/mol. The quantitative estimate of drug-likeness (QED) is 0.858. The van der Waals surface area contributed by atoms with Crippen LogP contribution < -0.4 is 0 Å². The molecule has 0 aliphatic heterocycles. The largest absolute Gasteiger partial charge is 0.395 e. The fourth-order valence-electron chi connectivity index (χ4n) is 1.13. The van der Waals surface area contributed by atoms with Gasteiger partial charge >= 0.3 is 0 Å². The summed E-state index contributed by atoms with van der Waals surface area (Å²) < 4.78 is 1.10. The highest BCUT2D eigenvalue weighted by atomic mass is 127. The highest BCUT2D eigenvalue weighted by molar-refractivity contribution is 14.1. The standard InChI is InChI=1S/C9H12INO2S/c1-2-11(3-4-12)9(13)7-5-8(10)14-6-7/h5-6,12H,2-4H2,1H3. The summed E-state index contributed by atoms with van der Waals surface area (Å²) in [4.78, 5) is 13.4. The summed E-state index contributed by atoms with van der Waals surface area (Å²) in [5, 5.41) is 10.6. The zero-order chi connectivity index (χ0) is 10.6. The Labute approximate surface area is 101 Å². The van der Waals surface area contributed by atoms with Crippen molar-refractivity contribution in [3.8, 4) is 0 Å². The molecule has 0 saturated heterocycles. The summed E-state index contributed by atoms with van der Waals surface area (Å²) >= 11 is 3.74. The first-order valence-electron chi connectivity index (χ1n) is 4.33. The summed E-state index contributed by atoms with van der Waals surface area (Å²) in [6, 6.07) is 1.87. The van der Waals surface area contributed by atoms with Crippen LogP contribution in [0.3, 0.4) is 0 Å². The summed E-state index contributed by atoms with van der Waals surface area (Å²) in [6.45, 7) is 2.96. The fraction of sp³-hybridized carbons (Fsp3) is 0.444. The first-order chi connectivity index (χ1) is 6.69. The number of carbonyl (C=O) groups is 1. The van der Waals surface area contributed by atoms with Gasteiger partial charge in [0.2, 0.25) is 0 Å². The lowest BCUT2D eigenvalue weighted by Crippen LogP contribution is -2.33. The van der Waals surface area contributed by atoms with Crippen LogP contribution in [0.1, 0.15) is 17.3 Å². The predicted molar refractivity (Wildman–Crippen MR) is 65.7 cm³/mol. The molecule has 0 aliphatic rings. The van der Waals surface area contributed by atoms with Gasteiger partial charge < -0.3 is 10.0 Å². The second-order valence-corrected chi connectivity index (χ2v) is 5.55. The van der Waals surface area contributed by atoms with Gasteiger partial charge in [0, 0.05) is 18.5 Å². The van der Waals surface area contributed by atoms with Gasteiger partial charge in [0.15, 0.2) is 0 Å². The van der Waals surface area contributed by atoms with Crippen LogP contribution in [-0.4, -0.2) is 35.6 Å². The van der Waals surface area contributed by atoms with Crippen LogP contribution in [-0.2, 0) is 0 Å². The highest BCUT2D eigenvalue weighted by Gasteiger charge is 2.14. The van der Waals surface area contributed by atoms with Crippen LogP contribution in [0.5, 0.6) is 0 Å². The predicted octanol–water partition coefficient (Wildman–Crippen LogP) is 1.81. The van der Waals surface area contributed by atoms with E-state index >= 15 is 0 Å². The van der Waals surface area contributed by atoms with Crippen molar-refractivity contribution in [3.05, 3.63) is 19.9 Å². The number of aliphatic hydroxyl groups excluding tert-OH is 1. The third-order valence-corrected chi connectivity index (χ3v) is 3.64. The fourth-order valence-corrected chi connectivity index (χ4v) is 2.45. The summed E-state index contributed by atoms with van der Waals surface area (Å²) in [5.74, 6) is 0.000663. The van der Waals surface area contributed by atoms with Gasteiger partial charge in [-0.25, -0.2) is 0 Å². The molecule has 5 heteroatoms. The molecule has 0 fully saturated rings. The zero-order valence-corrected chi connectivity index (χ0v) is 10.8. The van der Waals surface area contributed by atoms with E-state index in [1.807, 2.05) is 18.4 Å². The van der Waals surface area contributed by atoms with Gasteiger partial charge in [-0.15, -0.1) is 11.3 Å². The molecule has 1 N–H and O–H groups in total.